The Bertz CT molecular complexity index is 1400. The molecule has 7 N–H and O–H groups in total. The van der Waals surface area contributed by atoms with Crippen molar-refractivity contribution >= 4 is 17.3 Å². The zero-order valence-corrected chi connectivity index (χ0v) is 19.7. The summed E-state index contributed by atoms with van der Waals surface area (Å²) >= 11 is 0. The Morgan fingerprint density at radius 2 is 1.84 bits per heavy atom. The maximum Gasteiger partial charge on any atom is 0.201 e. The van der Waals surface area contributed by atoms with E-state index in [0.717, 1.165) is 13.2 Å². The second kappa shape index (κ2) is 8.67. The minimum atomic E-state index is -2.02. The van der Waals surface area contributed by atoms with E-state index in [1.54, 1.807) is 0 Å². The molecule has 0 aromatic heterocycles. The van der Waals surface area contributed by atoms with Gasteiger partial charge >= 0.3 is 0 Å². The molecular formula is C26H25NO10. The highest BCUT2D eigenvalue weighted by Crippen LogP contribution is 2.52. The predicted octanol–water partition coefficient (Wildman–Crippen LogP) is 1.16. The summed E-state index contributed by atoms with van der Waals surface area (Å²) < 4.78 is 11.3. The number of Topliss-reactive ketones (excluding diaryl/α,β-unsaturated/α-hetero) is 1. The average molecular weight is 511 g/mol. The lowest BCUT2D eigenvalue weighted by Gasteiger charge is -2.40. The number of phenols is 2. The van der Waals surface area contributed by atoms with Crippen LogP contribution in [0.3, 0.4) is 0 Å². The van der Waals surface area contributed by atoms with Crippen molar-refractivity contribution < 1.29 is 49.4 Å². The summed E-state index contributed by atoms with van der Waals surface area (Å²) in [5.41, 5.74) is 2.74. The summed E-state index contributed by atoms with van der Waals surface area (Å²) in [5.74, 6) is -3.68. The number of rotatable bonds is 4. The molecule has 1 heterocycles. The monoisotopic (exact) mass is 511 g/mol. The van der Waals surface area contributed by atoms with Crippen LogP contribution in [0.25, 0.3) is 0 Å². The molecule has 2 aliphatic carbocycles. The normalized spacial score (nSPS) is 26.5. The fraction of sp³-hybridized carbons (Fsp3) is 0.346. The average Bonchev–Trinajstić information content (AvgIpc) is 2.86. The van der Waals surface area contributed by atoms with Gasteiger partial charge in [0.25, 0.3) is 0 Å². The van der Waals surface area contributed by atoms with Gasteiger partial charge in [0.2, 0.25) is 6.29 Å². The highest BCUT2D eigenvalue weighted by Gasteiger charge is 2.48. The Kier molecular flexibility index (Phi) is 5.83. The van der Waals surface area contributed by atoms with Gasteiger partial charge in [0.1, 0.15) is 29.1 Å². The zero-order chi connectivity index (χ0) is 26.8. The first-order chi connectivity index (χ1) is 17.5. The molecule has 0 bridgehead atoms. The summed E-state index contributed by atoms with van der Waals surface area (Å²) in [5, 5.41) is 53.2. The fourth-order valence-corrected chi connectivity index (χ4v) is 5.25. The van der Waals surface area contributed by atoms with Gasteiger partial charge < -0.3 is 40.7 Å². The minimum absolute atomic E-state index is 0.00496. The number of aromatic hydroxyl groups is 2. The van der Waals surface area contributed by atoms with Gasteiger partial charge in [-0.2, -0.15) is 0 Å². The van der Waals surface area contributed by atoms with Crippen LogP contribution in [0.5, 0.6) is 11.5 Å². The van der Waals surface area contributed by atoms with Crippen molar-refractivity contribution in [3.05, 3.63) is 69.2 Å². The quantitative estimate of drug-likeness (QED) is 0.275. The molecule has 3 aliphatic rings. The van der Waals surface area contributed by atoms with Crippen LogP contribution in [-0.2, 0) is 27.3 Å². The largest absolute Gasteiger partial charge is 0.507 e. The number of carbonyl (C=O) groups is 3. The second-order valence-electron chi connectivity index (χ2n) is 9.54. The van der Waals surface area contributed by atoms with Crippen molar-refractivity contribution in [3.8, 4) is 11.5 Å². The summed E-state index contributed by atoms with van der Waals surface area (Å²) in [4.78, 5) is 39.4. The Labute approximate surface area is 210 Å². The topological polar surface area (TPSA) is 197 Å². The van der Waals surface area contributed by atoms with E-state index in [9.17, 15) is 39.9 Å². The smallest absolute Gasteiger partial charge is 0.201 e. The van der Waals surface area contributed by atoms with E-state index in [-0.39, 0.29) is 46.4 Å². The number of phenolic OH excluding ortho intramolecular Hbond substituents is 2. The van der Waals surface area contributed by atoms with Crippen molar-refractivity contribution in [1.29, 1.82) is 0 Å². The van der Waals surface area contributed by atoms with E-state index >= 15 is 0 Å². The van der Waals surface area contributed by atoms with Crippen molar-refractivity contribution in [1.82, 2.24) is 0 Å². The molecule has 1 aliphatic heterocycles. The summed E-state index contributed by atoms with van der Waals surface area (Å²) in [6, 6.07) is 3.51. The molecule has 0 fully saturated rings. The number of ketones is 3. The third-order valence-corrected chi connectivity index (χ3v) is 7.29. The predicted molar refractivity (Wildman–Crippen MR) is 125 cm³/mol. The Morgan fingerprint density at radius 1 is 1.14 bits per heavy atom. The second-order valence-corrected chi connectivity index (χ2v) is 9.54. The van der Waals surface area contributed by atoms with Crippen LogP contribution in [-0.4, -0.2) is 60.8 Å². The lowest BCUT2D eigenvalue weighted by Crippen LogP contribution is -2.46. The summed E-state index contributed by atoms with van der Waals surface area (Å²) in [7, 11) is 0. The van der Waals surface area contributed by atoms with Crippen LogP contribution in [0.4, 0.5) is 0 Å². The van der Waals surface area contributed by atoms with Gasteiger partial charge in [0, 0.05) is 41.5 Å². The maximum absolute atomic E-state index is 13.5. The van der Waals surface area contributed by atoms with Crippen LogP contribution in [0.2, 0.25) is 0 Å². The number of ether oxygens (including phenoxy) is 2. The SMILES string of the molecule is CC(=O)[C@]1(O)Cc2c(O)c3c(c(O)c2[C@@H](O[C@H]2CC(N)C(O)=CO2)C1)C(=O)c1c(CO)cccc1C3=O. The molecule has 0 radical (unpaired) electrons. The number of benzene rings is 2. The van der Waals surface area contributed by atoms with Crippen LogP contribution in [0.1, 0.15) is 74.4 Å². The molecule has 2 aromatic rings. The van der Waals surface area contributed by atoms with Gasteiger partial charge in [-0.25, -0.2) is 0 Å². The third-order valence-electron chi connectivity index (χ3n) is 7.29. The van der Waals surface area contributed by atoms with Gasteiger partial charge in [-0.05, 0) is 12.5 Å². The molecule has 11 heteroatoms. The molecule has 194 valence electrons. The van der Waals surface area contributed by atoms with E-state index in [0.29, 0.717) is 0 Å². The molecule has 4 atom stereocenters. The lowest BCUT2D eigenvalue weighted by molar-refractivity contribution is -0.179. The van der Waals surface area contributed by atoms with E-state index in [1.165, 1.54) is 18.2 Å². The third kappa shape index (κ3) is 3.70. The molecule has 37 heavy (non-hydrogen) atoms. The van der Waals surface area contributed by atoms with E-state index in [4.69, 9.17) is 15.2 Å². The number of aliphatic hydroxyl groups is 3. The first kappa shape index (κ1) is 24.9. The molecule has 0 saturated carbocycles. The van der Waals surface area contributed by atoms with Crippen molar-refractivity contribution in [2.24, 2.45) is 5.73 Å². The van der Waals surface area contributed by atoms with Gasteiger partial charge in [-0.15, -0.1) is 0 Å². The van der Waals surface area contributed by atoms with E-state index in [2.05, 4.69) is 0 Å². The highest BCUT2D eigenvalue weighted by atomic mass is 16.7. The number of hydrogen-bond acceptors (Lipinski definition) is 11. The molecular weight excluding hydrogens is 486 g/mol. The first-order valence-electron chi connectivity index (χ1n) is 11.6. The van der Waals surface area contributed by atoms with Crippen molar-refractivity contribution in [2.45, 2.75) is 56.8 Å². The number of nitrogens with two attached hydrogens (primary N) is 1. The Morgan fingerprint density at radius 3 is 2.49 bits per heavy atom. The number of aliphatic hydroxyl groups excluding tert-OH is 2. The number of carbonyl (C=O) groups excluding carboxylic acids is 3. The van der Waals surface area contributed by atoms with Gasteiger partial charge in [0.05, 0.1) is 29.9 Å². The first-order valence-corrected chi connectivity index (χ1v) is 11.6. The molecule has 11 nitrogen and oxygen atoms in total. The van der Waals surface area contributed by atoms with Crippen LogP contribution in [0, 0.1) is 0 Å². The van der Waals surface area contributed by atoms with Gasteiger partial charge in [-0.1, -0.05) is 18.2 Å². The molecule has 2 aromatic carbocycles. The lowest BCUT2D eigenvalue weighted by atomic mass is 9.71. The van der Waals surface area contributed by atoms with Crippen LogP contribution < -0.4 is 5.73 Å². The number of hydrogen-bond donors (Lipinski definition) is 6. The molecule has 0 saturated heterocycles. The van der Waals surface area contributed by atoms with Crippen molar-refractivity contribution in [2.75, 3.05) is 0 Å². The van der Waals surface area contributed by atoms with Gasteiger partial charge in [-0.3, -0.25) is 14.4 Å². The van der Waals surface area contributed by atoms with E-state index in [1.807, 2.05) is 0 Å². The maximum atomic E-state index is 13.5. The summed E-state index contributed by atoms with van der Waals surface area (Å²) in [6.45, 7) is 0.624. The Balaban J connectivity index is 1.70. The summed E-state index contributed by atoms with van der Waals surface area (Å²) in [6.07, 6.45) is -2.13. The molecule has 0 spiro atoms. The highest BCUT2D eigenvalue weighted by molar-refractivity contribution is 6.31. The molecule has 0 amide bonds. The number of fused-ring (bicyclic) bond motifs is 3. The van der Waals surface area contributed by atoms with E-state index < -0.39 is 77.0 Å². The molecule has 1 unspecified atom stereocenters. The minimum Gasteiger partial charge on any atom is -0.507 e. The van der Waals surface area contributed by atoms with Crippen LogP contribution >= 0.6 is 0 Å². The van der Waals surface area contributed by atoms with Crippen LogP contribution in [0.15, 0.2) is 30.2 Å². The fourth-order valence-electron chi connectivity index (χ4n) is 5.25. The zero-order valence-electron chi connectivity index (χ0n) is 19.7. The van der Waals surface area contributed by atoms with Crippen molar-refractivity contribution in [3.63, 3.8) is 0 Å². The van der Waals surface area contributed by atoms with Gasteiger partial charge in [0.15, 0.2) is 17.3 Å². The molecule has 5 rings (SSSR count). The standard InChI is InChI=1S/C26H25NO10/c1-10(29)26(35)6-13-19(16(7-26)37-17-5-14(27)15(30)9-36-17)25(34)21-20(23(13)32)22(31)12-4-2-3-11(8-28)18(12)24(21)33/h2-4,9,14,16-17,28,30,32,34-35H,5-8,27H2,1H3/t14?,16-,17-,26-/m0/s1. The Hall–Kier alpha value is -3.77.